The van der Waals surface area contributed by atoms with Crippen LogP contribution in [0.1, 0.15) is 30.0 Å². The molecule has 136 valence electrons. The Balaban J connectivity index is 1.54. The van der Waals surface area contributed by atoms with Crippen LogP contribution in [0.25, 0.3) is 0 Å². The minimum atomic E-state index is -0.316. The third kappa shape index (κ3) is 2.99. The highest BCUT2D eigenvalue weighted by atomic mass is 16.5. The molecule has 2 aromatic rings. The lowest BCUT2D eigenvalue weighted by Gasteiger charge is -2.41. The minimum absolute atomic E-state index is 0.264. The number of hydrogen-bond donors (Lipinski definition) is 0. The van der Waals surface area contributed by atoms with Crippen molar-refractivity contribution in [1.29, 1.82) is 0 Å². The second-order valence-corrected chi connectivity index (χ2v) is 7.47. The van der Waals surface area contributed by atoms with Gasteiger partial charge >= 0.3 is 0 Å². The van der Waals surface area contributed by atoms with E-state index in [0.29, 0.717) is 0 Å². The number of amides is 1. The van der Waals surface area contributed by atoms with Crippen LogP contribution in [0.15, 0.2) is 54.6 Å². The average Bonchev–Trinajstić information content (AvgIpc) is 3.50. The fraction of sp³-hybridized carbons (Fsp3) is 0.409. The Morgan fingerprint density at radius 1 is 1.04 bits per heavy atom. The number of nitrogens with zero attached hydrogens (tertiary/aromatic N) is 2. The third-order valence-corrected chi connectivity index (χ3v) is 5.92. The summed E-state index contributed by atoms with van der Waals surface area (Å²) in [6.45, 7) is 2.47. The second kappa shape index (κ2) is 6.76. The van der Waals surface area contributed by atoms with E-state index in [4.69, 9.17) is 4.74 Å². The summed E-state index contributed by atoms with van der Waals surface area (Å²) in [7, 11) is 3.82. The van der Waals surface area contributed by atoms with Crippen LogP contribution in [0, 0.1) is 0 Å². The van der Waals surface area contributed by atoms with E-state index in [1.54, 1.807) is 7.11 Å². The Hall–Kier alpha value is -2.33. The minimum Gasteiger partial charge on any atom is -0.497 e. The SMILES string of the molecule is COc1ccc(C2(C(=O)N3CCN(C)[C@@H](c4ccccc4)C3)CC2)cc1. The fourth-order valence-corrected chi connectivity index (χ4v) is 4.06. The molecule has 2 aliphatic rings. The van der Waals surface area contributed by atoms with E-state index in [0.717, 1.165) is 43.8 Å². The Bertz CT molecular complexity index is 768. The van der Waals surface area contributed by atoms with Crippen molar-refractivity contribution in [2.45, 2.75) is 24.3 Å². The highest BCUT2D eigenvalue weighted by molar-refractivity contribution is 5.91. The zero-order chi connectivity index (χ0) is 18.1. The standard InChI is InChI=1S/C22H26N2O2/c1-23-14-15-24(16-20(23)17-6-4-3-5-7-17)21(25)22(12-13-22)18-8-10-19(26-2)11-9-18/h3-11,20H,12-16H2,1-2H3/t20-/m1/s1. The summed E-state index contributed by atoms with van der Waals surface area (Å²) >= 11 is 0. The summed E-state index contributed by atoms with van der Waals surface area (Å²) < 4.78 is 5.25. The van der Waals surface area contributed by atoms with Gasteiger partial charge in [-0.05, 0) is 43.1 Å². The Morgan fingerprint density at radius 3 is 2.35 bits per heavy atom. The monoisotopic (exact) mass is 350 g/mol. The van der Waals surface area contributed by atoms with Gasteiger partial charge in [-0.15, -0.1) is 0 Å². The molecule has 4 rings (SSSR count). The first-order chi connectivity index (χ1) is 12.6. The van der Waals surface area contributed by atoms with E-state index in [1.165, 1.54) is 5.56 Å². The lowest BCUT2D eigenvalue weighted by Crippen LogP contribution is -2.51. The van der Waals surface area contributed by atoms with E-state index in [-0.39, 0.29) is 17.4 Å². The lowest BCUT2D eigenvalue weighted by molar-refractivity contribution is -0.136. The molecule has 1 saturated heterocycles. The molecular weight excluding hydrogens is 324 g/mol. The summed E-state index contributed by atoms with van der Waals surface area (Å²) in [5.41, 5.74) is 2.09. The third-order valence-electron chi connectivity index (χ3n) is 5.92. The fourth-order valence-electron chi connectivity index (χ4n) is 4.06. The molecule has 1 amide bonds. The van der Waals surface area contributed by atoms with Crippen molar-refractivity contribution in [2.75, 3.05) is 33.8 Å². The maximum absolute atomic E-state index is 13.4. The summed E-state index contributed by atoms with van der Waals surface area (Å²) in [6.07, 6.45) is 1.89. The van der Waals surface area contributed by atoms with Crippen LogP contribution < -0.4 is 4.74 Å². The normalized spacial score (nSPS) is 22.1. The van der Waals surface area contributed by atoms with E-state index in [9.17, 15) is 4.79 Å². The highest BCUT2D eigenvalue weighted by Gasteiger charge is 2.53. The number of rotatable bonds is 4. The first kappa shape index (κ1) is 17.1. The van der Waals surface area contributed by atoms with Crippen LogP contribution in [0.5, 0.6) is 5.75 Å². The molecule has 1 saturated carbocycles. The number of hydrogen-bond acceptors (Lipinski definition) is 3. The molecule has 4 nitrogen and oxygen atoms in total. The van der Waals surface area contributed by atoms with Gasteiger partial charge < -0.3 is 9.64 Å². The van der Waals surface area contributed by atoms with Gasteiger partial charge in [-0.25, -0.2) is 0 Å². The number of methoxy groups -OCH3 is 1. The lowest BCUT2D eigenvalue weighted by atomic mass is 9.93. The molecular formula is C22H26N2O2. The van der Waals surface area contributed by atoms with Crippen LogP contribution in [-0.2, 0) is 10.2 Å². The molecule has 0 radical (unpaired) electrons. The maximum Gasteiger partial charge on any atom is 0.233 e. The summed E-state index contributed by atoms with van der Waals surface area (Å²) in [5.74, 6) is 1.12. The van der Waals surface area contributed by atoms with Crippen molar-refractivity contribution in [1.82, 2.24) is 9.80 Å². The molecule has 4 heteroatoms. The quantitative estimate of drug-likeness (QED) is 0.849. The van der Waals surface area contributed by atoms with Crippen molar-refractivity contribution in [2.24, 2.45) is 0 Å². The van der Waals surface area contributed by atoms with E-state index >= 15 is 0 Å². The summed E-state index contributed by atoms with van der Waals surface area (Å²) in [5, 5.41) is 0. The highest BCUT2D eigenvalue weighted by Crippen LogP contribution is 2.50. The van der Waals surface area contributed by atoms with Gasteiger partial charge in [0.15, 0.2) is 0 Å². The second-order valence-electron chi connectivity index (χ2n) is 7.47. The number of ether oxygens (including phenoxy) is 1. The molecule has 0 aromatic heterocycles. The van der Waals surface area contributed by atoms with Crippen molar-refractivity contribution in [3.05, 3.63) is 65.7 Å². The molecule has 1 aliphatic carbocycles. The van der Waals surface area contributed by atoms with Gasteiger partial charge in [-0.1, -0.05) is 42.5 Å². The van der Waals surface area contributed by atoms with Crippen molar-refractivity contribution in [3.8, 4) is 5.75 Å². The molecule has 0 N–H and O–H groups in total. The first-order valence-corrected chi connectivity index (χ1v) is 9.33. The Labute approximate surface area is 155 Å². The number of likely N-dealkylation sites (N-methyl/N-ethyl adjacent to an activating group) is 1. The van der Waals surface area contributed by atoms with Gasteiger partial charge in [-0.3, -0.25) is 9.69 Å². The Morgan fingerprint density at radius 2 is 1.73 bits per heavy atom. The number of piperazine rings is 1. The van der Waals surface area contributed by atoms with E-state index < -0.39 is 0 Å². The van der Waals surface area contributed by atoms with Crippen LogP contribution in [0.2, 0.25) is 0 Å². The predicted octanol–water partition coefficient (Wildman–Crippen LogP) is 3.24. The van der Waals surface area contributed by atoms with Crippen LogP contribution in [0.3, 0.4) is 0 Å². The van der Waals surface area contributed by atoms with Gasteiger partial charge in [-0.2, -0.15) is 0 Å². The molecule has 0 bridgehead atoms. The van der Waals surface area contributed by atoms with Gasteiger partial charge in [0.2, 0.25) is 5.91 Å². The molecule has 1 atom stereocenters. The van der Waals surface area contributed by atoms with Crippen LogP contribution >= 0.6 is 0 Å². The predicted molar refractivity (Wildman–Crippen MR) is 102 cm³/mol. The molecule has 26 heavy (non-hydrogen) atoms. The topological polar surface area (TPSA) is 32.8 Å². The van der Waals surface area contributed by atoms with Gasteiger partial charge in [0.1, 0.15) is 5.75 Å². The average molecular weight is 350 g/mol. The number of carbonyl (C=O) groups is 1. The zero-order valence-corrected chi connectivity index (χ0v) is 15.5. The van der Waals surface area contributed by atoms with Gasteiger partial charge in [0.25, 0.3) is 0 Å². The van der Waals surface area contributed by atoms with E-state index in [2.05, 4.69) is 53.2 Å². The van der Waals surface area contributed by atoms with Gasteiger partial charge in [0.05, 0.1) is 18.6 Å². The smallest absolute Gasteiger partial charge is 0.233 e. The maximum atomic E-state index is 13.4. The van der Waals surface area contributed by atoms with Crippen LogP contribution in [-0.4, -0.2) is 49.5 Å². The zero-order valence-electron chi connectivity index (χ0n) is 15.5. The molecule has 1 heterocycles. The van der Waals surface area contributed by atoms with Crippen molar-refractivity contribution >= 4 is 5.91 Å². The number of benzene rings is 2. The Kier molecular flexibility index (Phi) is 4.45. The molecule has 2 fully saturated rings. The van der Waals surface area contributed by atoms with Crippen LogP contribution in [0.4, 0.5) is 0 Å². The molecule has 1 aliphatic heterocycles. The molecule has 0 spiro atoms. The summed E-state index contributed by atoms with van der Waals surface area (Å²) in [4.78, 5) is 17.8. The molecule has 2 aromatic carbocycles. The van der Waals surface area contributed by atoms with Crippen molar-refractivity contribution in [3.63, 3.8) is 0 Å². The van der Waals surface area contributed by atoms with Crippen molar-refractivity contribution < 1.29 is 9.53 Å². The summed E-state index contributed by atoms with van der Waals surface area (Å²) in [6, 6.07) is 18.8. The largest absolute Gasteiger partial charge is 0.497 e. The number of carbonyl (C=O) groups excluding carboxylic acids is 1. The van der Waals surface area contributed by atoms with E-state index in [1.807, 2.05) is 18.2 Å². The van der Waals surface area contributed by atoms with Gasteiger partial charge in [0, 0.05) is 19.6 Å². The first-order valence-electron chi connectivity index (χ1n) is 9.33. The molecule has 0 unspecified atom stereocenters.